The first kappa shape index (κ1) is 10.6. The fourth-order valence-electron chi connectivity index (χ4n) is 1.82. The molecule has 1 aromatic carbocycles. The van der Waals surface area contributed by atoms with E-state index < -0.39 is 12.1 Å². The first-order valence-corrected chi connectivity index (χ1v) is 5.29. The first-order chi connectivity index (χ1) is 7.09. The summed E-state index contributed by atoms with van der Waals surface area (Å²) in [6, 6.07) is 4.34. The van der Waals surface area contributed by atoms with Crippen molar-refractivity contribution in [1.82, 2.24) is 0 Å². The van der Waals surface area contributed by atoms with Gasteiger partial charge in [0.25, 0.3) is 0 Å². The summed E-state index contributed by atoms with van der Waals surface area (Å²) in [5.41, 5.74) is 7.12. The van der Waals surface area contributed by atoms with Crippen LogP contribution in [0.5, 0.6) is 0 Å². The van der Waals surface area contributed by atoms with E-state index in [1.807, 2.05) is 13.0 Å². The van der Waals surface area contributed by atoms with Crippen molar-refractivity contribution in [2.24, 2.45) is 11.7 Å². The number of halogens is 1. The van der Waals surface area contributed by atoms with E-state index in [1.165, 1.54) is 6.07 Å². The summed E-state index contributed by atoms with van der Waals surface area (Å²) in [6.45, 7) is 1.83. The lowest BCUT2D eigenvalue weighted by molar-refractivity contribution is 0.121. The Labute approximate surface area is 88.9 Å². The van der Waals surface area contributed by atoms with E-state index in [1.54, 1.807) is 6.07 Å². The molecule has 1 fully saturated rings. The van der Waals surface area contributed by atoms with Gasteiger partial charge < -0.3 is 10.8 Å². The number of rotatable bonds is 3. The summed E-state index contributed by atoms with van der Waals surface area (Å²) in [5, 5.41) is 9.81. The van der Waals surface area contributed by atoms with Crippen LogP contribution < -0.4 is 5.73 Å². The summed E-state index contributed by atoms with van der Waals surface area (Å²) in [4.78, 5) is 0. The van der Waals surface area contributed by atoms with Gasteiger partial charge in [-0.2, -0.15) is 0 Å². The smallest absolute Gasteiger partial charge is 0.128 e. The fourth-order valence-corrected chi connectivity index (χ4v) is 1.82. The van der Waals surface area contributed by atoms with E-state index in [-0.39, 0.29) is 11.7 Å². The van der Waals surface area contributed by atoms with Crippen LogP contribution in [0.15, 0.2) is 18.2 Å². The topological polar surface area (TPSA) is 46.2 Å². The average molecular weight is 209 g/mol. The molecule has 0 radical (unpaired) electrons. The van der Waals surface area contributed by atoms with Gasteiger partial charge in [-0.15, -0.1) is 0 Å². The van der Waals surface area contributed by atoms with Crippen molar-refractivity contribution in [3.8, 4) is 0 Å². The molecule has 1 aliphatic rings. The third kappa shape index (κ3) is 2.19. The Kier molecular flexibility index (Phi) is 2.76. The van der Waals surface area contributed by atoms with Gasteiger partial charge in [0.05, 0.1) is 12.1 Å². The summed E-state index contributed by atoms with van der Waals surface area (Å²) in [5.74, 6) is -0.0529. The maximum atomic E-state index is 13.6. The highest BCUT2D eigenvalue weighted by Crippen LogP contribution is 2.37. The number of benzene rings is 1. The van der Waals surface area contributed by atoms with Gasteiger partial charge >= 0.3 is 0 Å². The van der Waals surface area contributed by atoms with Crippen LogP contribution in [0.4, 0.5) is 4.39 Å². The van der Waals surface area contributed by atoms with Gasteiger partial charge in [-0.1, -0.05) is 12.1 Å². The number of aliphatic hydroxyl groups excluding tert-OH is 1. The predicted molar refractivity (Wildman–Crippen MR) is 56.8 cm³/mol. The van der Waals surface area contributed by atoms with Crippen LogP contribution in [0.3, 0.4) is 0 Å². The molecule has 82 valence electrons. The lowest BCUT2D eigenvalue weighted by Crippen LogP contribution is -2.28. The molecule has 0 bridgehead atoms. The summed E-state index contributed by atoms with van der Waals surface area (Å²) in [6.07, 6.45) is 1.40. The number of nitrogens with two attached hydrogens (primary N) is 1. The molecule has 2 nitrogen and oxygen atoms in total. The summed E-state index contributed by atoms with van der Waals surface area (Å²) >= 11 is 0. The van der Waals surface area contributed by atoms with Gasteiger partial charge in [0.15, 0.2) is 0 Å². The Hall–Kier alpha value is -0.930. The van der Waals surface area contributed by atoms with Gasteiger partial charge in [0, 0.05) is 5.56 Å². The molecule has 1 saturated carbocycles. The van der Waals surface area contributed by atoms with Crippen molar-refractivity contribution in [1.29, 1.82) is 0 Å². The number of hydrogen-bond acceptors (Lipinski definition) is 2. The number of aliphatic hydroxyl groups is 1. The van der Waals surface area contributed by atoms with Crippen molar-refractivity contribution >= 4 is 0 Å². The number of hydrogen-bond donors (Lipinski definition) is 2. The van der Waals surface area contributed by atoms with Crippen LogP contribution in [0, 0.1) is 18.7 Å². The molecular formula is C12H16FNO. The predicted octanol–water partition coefficient (Wildman–Crippen LogP) is 1.90. The van der Waals surface area contributed by atoms with Gasteiger partial charge in [-0.25, -0.2) is 4.39 Å². The minimum atomic E-state index is -0.609. The molecule has 15 heavy (non-hydrogen) atoms. The monoisotopic (exact) mass is 209 g/mol. The molecule has 0 unspecified atom stereocenters. The average Bonchev–Trinajstić information content (AvgIpc) is 2.99. The zero-order valence-corrected chi connectivity index (χ0v) is 8.78. The molecule has 2 atom stereocenters. The third-order valence-corrected chi connectivity index (χ3v) is 2.99. The highest BCUT2D eigenvalue weighted by Gasteiger charge is 2.35. The maximum Gasteiger partial charge on any atom is 0.128 e. The summed E-state index contributed by atoms with van der Waals surface area (Å²) in [7, 11) is 0. The van der Waals surface area contributed by atoms with Crippen molar-refractivity contribution in [2.45, 2.75) is 31.9 Å². The van der Waals surface area contributed by atoms with Crippen molar-refractivity contribution in [2.75, 3.05) is 0 Å². The number of aryl methyl sites for hydroxylation is 1. The van der Waals surface area contributed by atoms with Crippen LogP contribution in [0.2, 0.25) is 0 Å². The molecule has 0 saturated heterocycles. The van der Waals surface area contributed by atoms with Gasteiger partial charge in [-0.05, 0) is 37.3 Å². The fraction of sp³-hybridized carbons (Fsp3) is 0.500. The molecule has 0 aliphatic heterocycles. The Bertz CT molecular complexity index is 363. The second kappa shape index (κ2) is 3.91. The van der Waals surface area contributed by atoms with Crippen molar-refractivity contribution in [3.05, 3.63) is 35.1 Å². The molecule has 0 spiro atoms. The van der Waals surface area contributed by atoms with Crippen LogP contribution >= 0.6 is 0 Å². The van der Waals surface area contributed by atoms with E-state index in [2.05, 4.69) is 0 Å². The molecule has 0 heterocycles. The zero-order chi connectivity index (χ0) is 11.0. The largest absolute Gasteiger partial charge is 0.391 e. The lowest BCUT2D eigenvalue weighted by atomic mass is 9.98. The van der Waals surface area contributed by atoms with Gasteiger partial charge in [0.2, 0.25) is 0 Å². The molecule has 0 aromatic heterocycles. The van der Waals surface area contributed by atoms with Crippen molar-refractivity contribution < 1.29 is 9.50 Å². The standard InChI is InChI=1S/C12H16FNO/c1-7-2-5-9(10(13)6-7)11(14)12(15)8-3-4-8/h2,5-6,8,11-12,15H,3-4,14H2,1H3/t11-,12+/m1/s1. The quantitative estimate of drug-likeness (QED) is 0.798. The van der Waals surface area contributed by atoms with Crippen molar-refractivity contribution in [3.63, 3.8) is 0 Å². The Balaban J connectivity index is 2.20. The maximum absolute atomic E-state index is 13.6. The normalized spacial score (nSPS) is 20.0. The SMILES string of the molecule is Cc1ccc([C@@H](N)[C@@H](O)C2CC2)c(F)c1. The molecular weight excluding hydrogens is 193 g/mol. The van der Waals surface area contributed by atoms with E-state index in [0.29, 0.717) is 5.56 Å². The molecule has 1 aliphatic carbocycles. The van der Waals surface area contributed by atoms with E-state index in [4.69, 9.17) is 5.73 Å². The molecule has 1 aromatic rings. The van der Waals surface area contributed by atoms with Crippen LogP contribution in [-0.2, 0) is 0 Å². The summed E-state index contributed by atoms with van der Waals surface area (Å²) < 4.78 is 13.6. The minimum Gasteiger partial charge on any atom is -0.391 e. The van der Waals surface area contributed by atoms with E-state index >= 15 is 0 Å². The van der Waals surface area contributed by atoms with E-state index in [0.717, 1.165) is 18.4 Å². The van der Waals surface area contributed by atoms with Crippen LogP contribution in [0.25, 0.3) is 0 Å². The highest BCUT2D eigenvalue weighted by molar-refractivity contribution is 5.27. The Morgan fingerprint density at radius 1 is 1.47 bits per heavy atom. The second-order valence-electron chi connectivity index (χ2n) is 4.38. The Morgan fingerprint density at radius 2 is 2.13 bits per heavy atom. The highest BCUT2D eigenvalue weighted by atomic mass is 19.1. The van der Waals surface area contributed by atoms with Gasteiger partial charge in [0.1, 0.15) is 5.82 Å². The first-order valence-electron chi connectivity index (χ1n) is 5.29. The van der Waals surface area contributed by atoms with Crippen LogP contribution in [0.1, 0.15) is 30.0 Å². The molecule has 0 amide bonds. The van der Waals surface area contributed by atoms with Gasteiger partial charge in [-0.3, -0.25) is 0 Å². The van der Waals surface area contributed by atoms with E-state index in [9.17, 15) is 9.50 Å². The second-order valence-corrected chi connectivity index (χ2v) is 4.38. The zero-order valence-electron chi connectivity index (χ0n) is 8.78. The molecule has 3 heteroatoms. The minimum absolute atomic E-state index is 0.265. The molecule has 3 N–H and O–H groups in total. The Morgan fingerprint density at radius 3 is 2.67 bits per heavy atom. The van der Waals surface area contributed by atoms with Crippen LogP contribution in [-0.4, -0.2) is 11.2 Å². The molecule has 2 rings (SSSR count). The third-order valence-electron chi connectivity index (χ3n) is 2.99. The lowest BCUT2D eigenvalue weighted by Gasteiger charge is -2.19.